The molecular formula is C13H16N2O3S. The highest BCUT2D eigenvalue weighted by molar-refractivity contribution is 7.89. The van der Waals surface area contributed by atoms with Crippen LogP contribution in [-0.4, -0.2) is 19.4 Å². The van der Waals surface area contributed by atoms with Gasteiger partial charge in [0.2, 0.25) is 15.6 Å². The fourth-order valence-corrected chi connectivity index (χ4v) is 3.22. The number of aromatic nitrogens is 1. The molecule has 0 fully saturated rings. The van der Waals surface area contributed by atoms with Crippen LogP contribution in [0.25, 0.3) is 10.9 Å². The van der Waals surface area contributed by atoms with Crippen molar-refractivity contribution in [2.24, 2.45) is 0 Å². The number of aryl methyl sites for hydroxylation is 1. The first kappa shape index (κ1) is 13.8. The number of sulfonamides is 1. The molecule has 0 aliphatic carbocycles. The average molecular weight is 280 g/mol. The van der Waals surface area contributed by atoms with Crippen LogP contribution in [0.3, 0.4) is 0 Å². The van der Waals surface area contributed by atoms with Crippen LogP contribution in [-0.2, 0) is 10.0 Å². The van der Waals surface area contributed by atoms with Crippen molar-refractivity contribution in [3.05, 3.63) is 40.2 Å². The van der Waals surface area contributed by atoms with Crippen LogP contribution >= 0.6 is 0 Å². The number of fused-ring (bicyclic) bond motifs is 1. The van der Waals surface area contributed by atoms with E-state index in [0.717, 1.165) is 10.9 Å². The van der Waals surface area contributed by atoms with E-state index in [1.165, 1.54) is 12.1 Å². The molecule has 1 aromatic heterocycles. The number of H-pyrrole nitrogens is 1. The number of rotatable bonds is 3. The Kier molecular flexibility index (Phi) is 3.47. The Bertz CT molecular complexity index is 776. The summed E-state index contributed by atoms with van der Waals surface area (Å²) in [5.74, 6) is 0. The van der Waals surface area contributed by atoms with E-state index < -0.39 is 10.0 Å². The van der Waals surface area contributed by atoms with Gasteiger partial charge in [-0.25, -0.2) is 13.1 Å². The van der Waals surface area contributed by atoms with Gasteiger partial charge in [-0.15, -0.1) is 0 Å². The Morgan fingerprint density at radius 1 is 1.21 bits per heavy atom. The molecule has 2 N–H and O–H groups in total. The molecule has 0 saturated heterocycles. The fourth-order valence-electron chi connectivity index (χ4n) is 1.95. The van der Waals surface area contributed by atoms with Gasteiger partial charge in [-0.3, -0.25) is 4.79 Å². The summed E-state index contributed by atoms with van der Waals surface area (Å²) >= 11 is 0. The van der Waals surface area contributed by atoms with Crippen LogP contribution < -0.4 is 10.3 Å². The summed E-state index contributed by atoms with van der Waals surface area (Å²) < 4.78 is 26.7. The van der Waals surface area contributed by atoms with Crippen molar-refractivity contribution in [1.82, 2.24) is 9.71 Å². The van der Waals surface area contributed by atoms with Crippen LogP contribution in [0.4, 0.5) is 0 Å². The van der Waals surface area contributed by atoms with Crippen molar-refractivity contribution in [3.63, 3.8) is 0 Å². The van der Waals surface area contributed by atoms with Gasteiger partial charge in [0.15, 0.2) is 0 Å². The number of hydrogen-bond acceptors (Lipinski definition) is 3. The SMILES string of the molecule is Cc1cc(=O)[nH]c2ccc(S(=O)(=O)NC(C)C)cc12. The summed E-state index contributed by atoms with van der Waals surface area (Å²) in [5, 5.41) is 0.728. The van der Waals surface area contributed by atoms with E-state index in [-0.39, 0.29) is 16.5 Å². The van der Waals surface area contributed by atoms with Gasteiger partial charge in [-0.05, 0) is 44.5 Å². The van der Waals surface area contributed by atoms with Crippen molar-refractivity contribution in [3.8, 4) is 0 Å². The van der Waals surface area contributed by atoms with E-state index in [2.05, 4.69) is 9.71 Å². The maximum atomic E-state index is 12.1. The van der Waals surface area contributed by atoms with Gasteiger partial charge >= 0.3 is 0 Å². The molecular weight excluding hydrogens is 264 g/mol. The van der Waals surface area contributed by atoms with E-state index in [1.807, 2.05) is 0 Å². The largest absolute Gasteiger partial charge is 0.322 e. The second-order valence-electron chi connectivity index (χ2n) is 4.80. The van der Waals surface area contributed by atoms with E-state index in [4.69, 9.17) is 0 Å². The highest BCUT2D eigenvalue weighted by Gasteiger charge is 2.16. The summed E-state index contributed by atoms with van der Waals surface area (Å²) in [7, 11) is -3.52. The maximum Gasteiger partial charge on any atom is 0.248 e. The van der Waals surface area contributed by atoms with E-state index in [0.29, 0.717) is 5.52 Å². The topological polar surface area (TPSA) is 79.0 Å². The van der Waals surface area contributed by atoms with Gasteiger partial charge in [-0.2, -0.15) is 0 Å². The Morgan fingerprint density at radius 3 is 2.53 bits per heavy atom. The smallest absolute Gasteiger partial charge is 0.248 e. The molecule has 5 nitrogen and oxygen atoms in total. The Balaban J connectivity index is 2.63. The lowest BCUT2D eigenvalue weighted by Crippen LogP contribution is -2.30. The quantitative estimate of drug-likeness (QED) is 0.894. The first-order chi connectivity index (χ1) is 8.79. The van der Waals surface area contributed by atoms with Crippen LogP contribution in [0.15, 0.2) is 34.0 Å². The van der Waals surface area contributed by atoms with Gasteiger partial charge in [0, 0.05) is 23.0 Å². The molecule has 0 unspecified atom stereocenters. The highest BCUT2D eigenvalue weighted by atomic mass is 32.2. The van der Waals surface area contributed by atoms with Crippen LogP contribution in [0, 0.1) is 6.92 Å². The molecule has 0 atom stereocenters. The molecule has 0 aliphatic heterocycles. The van der Waals surface area contributed by atoms with Crippen molar-refractivity contribution in [2.75, 3.05) is 0 Å². The van der Waals surface area contributed by atoms with Gasteiger partial charge in [0.05, 0.1) is 4.90 Å². The number of pyridine rings is 1. The molecule has 0 saturated carbocycles. The Labute approximate surface area is 111 Å². The molecule has 2 aromatic rings. The molecule has 1 aromatic carbocycles. The van der Waals surface area contributed by atoms with Gasteiger partial charge in [0.25, 0.3) is 0 Å². The molecule has 2 rings (SSSR count). The van der Waals surface area contributed by atoms with Crippen molar-refractivity contribution in [1.29, 1.82) is 0 Å². The normalized spacial score (nSPS) is 12.2. The minimum Gasteiger partial charge on any atom is -0.322 e. The molecule has 0 aliphatic rings. The lowest BCUT2D eigenvalue weighted by molar-refractivity contribution is 0.570. The zero-order valence-electron chi connectivity index (χ0n) is 11.0. The van der Waals surface area contributed by atoms with Gasteiger partial charge < -0.3 is 4.98 Å². The molecule has 1 heterocycles. The summed E-state index contributed by atoms with van der Waals surface area (Å²) in [6.45, 7) is 5.31. The third-order valence-electron chi connectivity index (χ3n) is 2.72. The van der Waals surface area contributed by atoms with Crippen LogP contribution in [0.2, 0.25) is 0 Å². The molecule has 6 heteroatoms. The minimum atomic E-state index is -3.52. The van der Waals surface area contributed by atoms with E-state index >= 15 is 0 Å². The van der Waals surface area contributed by atoms with E-state index in [1.54, 1.807) is 32.9 Å². The lowest BCUT2D eigenvalue weighted by atomic mass is 10.1. The first-order valence-electron chi connectivity index (χ1n) is 5.95. The first-order valence-corrected chi connectivity index (χ1v) is 7.44. The Hall–Kier alpha value is -1.66. The maximum absolute atomic E-state index is 12.1. The monoisotopic (exact) mass is 280 g/mol. The molecule has 19 heavy (non-hydrogen) atoms. The summed E-state index contributed by atoms with van der Waals surface area (Å²) in [6.07, 6.45) is 0. The number of aromatic amines is 1. The fraction of sp³-hybridized carbons (Fsp3) is 0.308. The third-order valence-corrected chi connectivity index (χ3v) is 4.38. The van der Waals surface area contributed by atoms with Gasteiger partial charge in [0.1, 0.15) is 0 Å². The molecule has 0 radical (unpaired) electrons. The van der Waals surface area contributed by atoms with Crippen molar-refractivity contribution < 1.29 is 8.42 Å². The lowest BCUT2D eigenvalue weighted by Gasteiger charge is -2.10. The second kappa shape index (κ2) is 4.79. The highest BCUT2D eigenvalue weighted by Crippen LogP contribution is 2.19. The Morgan fingerprint density at radius 2 is 1.89 bits per heavy atom. The molecule has 0 spiro atoms. The van der Waals surface area contributed by atoms with Crippen LogP contribution in [0.5, 0.6) is 0 Å². The summed E-state index contributed by atoms with van der Waals surface area (Å²) in [6, 6.07) is 5.96. The standard InChI is InChI=1S/C13H16N2O3S/c1-8(2)15-19(17,18)10-4-5-12-11(7-10)9(3)6-13(16)14-12/h4-8,15H,1-3H3,(H,14,16). The predicted octanol–water partition coefficient (Wildman–Crippen LogP) is 1.52. The minimum absolute atomic E-state index is 0.169. The van der Waals surface area contributed by atoms with Gasteiger partial charge in [-0.1, -0.05) is 0 Å². The number of benzene rings is 1. The number of hydrogen-bond donors (Lipinski definition) is 2. The number of nitrogens with one attached hydrogen (secondary N) is 2. The molecule has 0 amide bonds. The second-order valence-corrected chi connectivity index (χ2v) is 6.51. The third kappa shape index (κ3) is 2.85. The summed E-state index contributed by atoms with van der Waals surface area (Å²) in [4.78, 5) is 14.2. The van der Waals surface area contributed by atoms with Crippen molar-refractivity contribution in [2.45, 2.75) is 31.7 Å². The molecule has 102 valence electrons. The average Bonchev–Trinajstić information content (AvgIpc) is 2.26. The molecule has 0 bridgehead atoms. The van der Waals surface area contributed by atoms with Crippen molar-refractivity contribution >= 4 is 20.9 Å². The van der Waals surface area contributed by atoms with E-state index in [9.17, 15) is 13.2 Å². The zero-order valence-corrected chi connectivity index (χ0v) is 11.8. The predicted molar refractivity (Wildman–Crippen MR) is 74.8 cm³/mol. The summed E-state index contributed by atoms with van der Waals surface area (Å²) in [5.41, 5.74) is 1.19. The van der Waals surface area contributed by atoms with Crippen LogP contribution in [0.1, 0.15) is 19.4 Å². The zero-order chi connectivity index (χ0) is 14.2.